The van der Waals surface area contributed by atoms with Gasteiger partial charge in [0.05, 0.1) is 6.20 Å². The quantitative estimate of drug-likeness (QED) is 0.672. The minimum atomic E-state index is -0.649. The summed E-state index contributed by atoms with van der Waals surface area (Å²) in [7, 11) is 0. The van der Waals surface area contributed by atoms with Crippen molar-refractivity contribution in [1.82, 2.24) is 14.8 Å². The second-order valence-electron chi connectivity index (χ2n) is 7.61. The van der Waals surface area contributed by atoms with Crippen LogP contribution in [0.2, 0.25) is 0 Å². The van der Waals surface area contributed by atoms with Crippen molar-refractivity contribution in [2.24, 2.45) is 0 Å². The van der Waals surface area contributed by atoms with E-state index in [1.54, 1.807) is 31.4 Å². The van der Waals surface area contributed by atoms with Crippen LogP contribution >= 0.6 is 0 Å². The zero-order valence-corrected chi connectivity index (χ0v) is 15.7. The van der Waals surface area contributed by atoms with Crippen LogP contribution in [-0.2, 0) is 9.47 Å². The molecule has 1 amide bonds. The third-order valence-electron chi connectivity index (χ3n) is 2.87. The summed E-state index contributed by atoms with van der Waals surface area (Å²) in [5.41, 5.74) is 2.47. The molecule has 0 saturated heterocycles. The number of rotatable bonds is 4. The van der Waals surface area contributed by atoms with Crippen molar-refractivity contribution in [2.75, 3.05) is 5.01 Å². The molecule has 2 rings (SSSR count). The highest BCUT2D eigenvalue weighted by Gasteiger charge is 2.27. The zero-order chi connectivity index (χ0) is 18.8. The number of pyridine rings is 1. The molecule has 0 saturated carbocycles. The topological polar surface area (TPSA) is 68.1 Å². The number of carbonyl (C=O) groups excluding carboxylic acids is 1. The molecule has 136 valence electrons. The van der Waals surface area contributed by atoms with Crippen LogP contribution in [-0.4, -0.2) is 26.7 Å². The smallest absolute Gasteiger partial charge is 0.435 e. The minimum absolute atomic E-state index is 0.226. The molecular formula is C18H26N4O3. The highest BCUT2D eigenvalue weighted by molar-refractivity contribution is 5.86. The predicted molar refractivity (Wildman–Crippen MR) is 97.0 cm³/mol. The largest absolute Gasteiger partial charge is 0.473 e. The lowest BCUT2D eigenvalue weighted by atomic mass is 10.2. The Labute approximate surface area is 148 Å². The Morgan fingerprint density at radius 1 is 1.16 bits per heavy atom. The van der Waals surface area contributed by atoms with E-state index in [-0.39, 0.29) is 5.88 Å². The Morgan fingerprint density at radius 2 is 1.80 bits per heavy atom. The summed E-state index contributed by atoms with van der Waals surface area (Å²) in [4.78, 5) is 17.0. The van der Waals surface area contributed by atoms with Crippen LogP contribution in [0.15, 0.2) is 43.1 Å². The molecule has 0 atom stereocenters. The summed E-state index contributed by atoms with van der Waals surface area (Å²) in [5, 5.41) is 1.24. The first-order valence-corrected chi connectivity index (χ1v) is 8.06. The van der Waals surface area contributed by atoms with Gasteiger partial charge in [-0.3, -0.25) is 9.83 Å². The van der Waals surface area contributed by atoms with E-state index in [0.29, 0.717) is 11.5 Å². The molecule has 0 aliphatic rings. The second-order valence-corrected chi connectivity index (χ2v) is 7.61. The Bertz CT molecular complexity index is 768. The van der Waals surface area contributed by atoms with E-state index < -0.39 is 17.3 Å². The Kier molecular flexibility index (Phi) is 4.97. The van der Waals surface area contributed by atoms with Gasteiger partial charge in [-0.15, -0.1) is 0 Å². The molecule has 0 spiro atoms. The number of ether oxygens (including phenoxy) is 2. The van der Waals surface area contributed by atoms with E-state index in [0.717, 1.165) is 0 Å². The number of anilines is 1. The number of hydrazine groups is 1. The van der Waals surface area contributed by atoms with E-state index >= 15 is 0 Å². The number of hydrogen-bond acceptors (Lipinski definition) is 5. The third-order valence-corrected chi connectivity index (χ3v) is 2.87. The van der Waals surface area contributed by atoms with Crippen molar-refractivity contribution in [3.8, 4) is 0 Å². The highest BCUT2D eigenvalue weighted by Crippen LogP contribution is 2.20. The maximum Gasteiger partial charge on any atom is 0.435 e. The lowest BCUT2D eigenvalue weighted by Gasteiger charge is -2.30. The van der Waals surface area contributed by atoms with Crippen LogP contribution in [0.5, 0.6) is 0 Å². The minimum Gasteiger partial charge on any atom is -0.473 e. The summed E-state index contributed by atoms with van der Waals surface area (Å²) in [6.45, 7) is 14.9. The van der Waals surface area contributed by atoms with Gasteiger partial charge in [0.1, 0.15) is 16.8 Å². The van der Waals surface area contributed by atoms with Gasteiger partial charge in [0.2, 0.25) is 0 Å². The second kappa shape index (κ2) is 6.66. The maximum atomic E-state index is 12.7. The first-order chi connectivity index (χ1) is 11.5. The van der Waals surface area contributed by atoms with Gasteiger partial charge < -0.3 is 9.47 Å². The SMILES string of the molecule is C=C(NN(C(=O)OC(C)(C)C)c1cnc2ccccn12)OC(C)(C)C. The number of fused-ring (bicyclic) bond motifs is 1. The van der Waals surface area contributed by atoms with E-state index in [2.05, 4.69) is 17.0 Å². The van der Waals surface area contributed by atoms with Crippen LogP contribution in [0.3, 0.4) is 0 Å². The van der Waals surface area contributed by atoms with E-state index in [1.807, 2.05) is 45.2 Å². The fraction of sp³-hybridized carbons (Fsp3) is 0.444. The Hall–Kier alpha value is -2.70. The predicted octanol–water partition coefficient (Wildman–Crippen LogP) is 3.87. The highest BCUT2D eigenvalue weighted by atomic mass is 16.6. The Morgan fingerprint density at radius 3 is 2.40 bits per heavy atom. The molecule has 2 aromatic heterocycles. The number of aromatic nitrogens is 2. The molecule has 0 fully saturated rings. The fourth-order valence-corrected chi connectivity index (χ4v) is 2.11. The molecule has 7 heteroatoms. The van der Waals surface area contributed by atoms with Crippen LogP contribution < -0.4 is 10.4 Å². The maximum absolute atomic E-state index is 12.7. The van der Waals surface area contributed by atoms with Crippen LogP contribution in [0.4, 0.5) is 10.6 Å². The van der Waals surface area contributed by atoms with E-state index in [1.165, 1.54) is 5.01 Å². The van der Waals surface area contributed by atoms with Crippen molar-refractivity contribution in [3.05, 3.63) is 43.1 Å². The fourth-order valence-electron chi connectivity index (χ4n) is 2.11. The number of nitrogens with one attached hydrogen (secondary N) is 1. The van der Waals surface area contributed by atoms with E-state index in [4.69, 9.17) is 9.47 Å². The number of nitrogens with zero attached hydrogens (tertiary/aromatic N) is 3. The molecule has 2 heterocycles. The zero-order valence-electron chi connectivity index (χ0n) is 15.7. The normalized spacial score (nSPS) is 11.9. The monoisotopic (exact) mass is 346 g/mol. The molecule has 25 heavy (non-hydrogen) atoms. The summed E-state index contributed by atoms with van der Waals surface area (Å²) in [5.74, 6) is 0.716. The van der Waals surface area contributed by atoms with Gasteiger partial charge >= 0.3 is 6.09 Å². The molecule has 1 N–H and O–H groups in total. The molecule has 7 nitrogen and oxygen atoms in total. The summed E-state index contributed by atoms with van der Waals surface area (Å²) in [6.07, 6.45) is 2.80. The van der Waals surface area contributed by atoms with Gasteiger partial charge in [-0.05, 0) is 60.3 Å². The molecule has 0 bridgehead atoms. The van der Waals surface area contributed by atoms with Gasteiger partial charge in [0, 0.05) is 6.20 Å². The third kappa shape index (κ3) is 5.14. The molecule has 0 unspecified atom stereocenters. The number of amides is 1. The molecule has 0 aliphatic carbocycles. The lowest BCUT2D eigenvalue weighted by molar-refractivity contribution is 0.0334. The molecular weight excluding hydrogens is 320 g/mol. The van der Waals surface area contributed by atoms with Crippen LogP contribution in [0.1, 0.15) is 41.5 Å². The molecule has 0 aromatic carbocycles. The standard InChI is InChI=1S/C18H26N4O3/c1-13(24-17(2,3)4)20-22(16(23)25-18(5,6)7)15-12-19-14-10-8-9-11-21(14)15/h8-12,20H,1H2,2-7H3. The number of imidazole rings is 1. The summed E-state index contributed by atoms with van der Waals surface area (Å²) >= 11 is 0. The van der Waals surface area contributed by atoms with Crippen LogP contribution in [0.25, 0.3) is 5.65 Å². The van der Waals surface area contributed by atoms with Gasteiger partial charge in [0.25, 0.3) is 0 Å². The van der Waals surface area contributed by atoms with Crippen molar-refractivity contribution < 1.29 is 14.3 Å². The van der Waals surface area contributed by atoms with Crippen molar-refractivity contribution in [2.45, 2.75) is 52.7 Å². The van der Waals surface area contributed by atoms with Crippen LogP contribution in [0, 0.1) is 0 Å². The summed E-state index contributed by atoms with van der Waals surface area (Å²) in [6, 6.07) is 5.57. The van der Waals surface area contributed by atoms with Gasteiger partial charge in [0.15, 0.2) is 11.7 Å². The molecule has 0 aliphatic heterocycles. The average molecular weight is 346 g/mol. The summed E-state index contributed by atoms with van der Waals surface area (Å²) < 4.78 is 12.9. The first-order valence-electron chi connectivity index (χ1n) is 8.06. The van der Waals surface area contributed by atoms with Gasteiger partial charge in [-0.1, -0.05) is 6.07 Å². The van der Waals surface area contributed by atoms with Crippen molar-refractivity contribution in [1.29, 1.82) is 0 Å². The number of hydrogen-bond donors (Lipinski definition) is 1. The van der Waals surface area contributed by atoms with Gasteiger partial charge in [-0.25, -0.2) is 9.78 Å². The van der Waals surface area contributed by atoms with Crippen molar-refractivity contribution >= 4 is 17.6 Å². The van der Waals surface area contributed by atoms with Crippen molar-refractivity contribution in [3.63, 3.8) is 0 Å². The average Bonchev–Trinajstić information content (AvgIpc) is 2.84. The molecule has 0 radical (unpaired) electrons. The Balaban J connectivity index is 2.35. The van der Waals surface area contributed by atoms with Gasteiger partial charge in [-0.2, -0.15) is 5.01 Å². The molecule has 2 aromatic rings. The first kappa shape index (κ1) is 18.6. The number of carbonyl (C=O) groups is 1. The van der Waals surface area contributed by atoms with E-state index in [9.17, 15) is 4.79 Å². The lowest BCUT2D eigenvalue weighted by Crippen LogP contribution is -2.47.